The van der Waals surface area contributed by atoms with Crippen LogP contribution in [0.1, 0.15) is 19.0 Å². The molecule has 1 heterocycles. The summed E-state index contributed by atoms with van der Waals surface area (Å²) in [5.74, 6) is 1.03. The molecule has 1 aromatic rings. The third kappa shape index (κ3) is 4.22. The van der Waals surface area contributed by atoms with Gasteiger partial charge in [-0.2, -0.15) is 0 Å². The van der Waals surface area contributed by atoms with Crippen LogP contribution in [0, 0.1) is 6.92 Å². The number of hydrogen-bond donors (Lipinski definition) is 1. The molecular weight excluding hydrogens is 226 g/mol. The molecule has 92 valence electrons. The number of anilines is 1. The molecule has 16 heavy (non-hydrogen) atoms. The minimum atomic E-state index is -2.87. The van der Waals surface area contributed by atoms with E-state index in [1.807, 2.05) is 24.6 Å². The van der Waals surface area contributed by atoms with E-state index < -0.39 is 9.84 Å². The van der Waals surface area contributed by atoms with E-state index in [1.165, 1.54) is 6.26 Å². The number of aryl methyl sites for hydroxylation is 2. The van der Waals surface area contributed by atoms with Crippen molar-refractivity contribution in [3.8, 4) is 0 Å². The molecule has 0 aromatic carbocycles. The topological polar surface area (TPSA) is 64.0 Å². The van der Waals surface area contributed by atoms with E-state index >= 15 is 0 Å². The quantitative estimate of drug-likeness (QED) is 0.814. The Bertz CT molecular complexity index is 437. The van der Waals surface area contributed by atoms with Crippen molar-refractivity contribution in [3.63, 3.8) is 0 Å². The summed E-state index contributed by atoms with van der Waals surface area (Å²) in [4.78, 5) is 4.32. The van der Waals surface area contributed by atoms with Crippen molar-refractivity contribution in [2.45, 2.75) is 26.8 Å². The molecule has 0 radical (unpaired) electrons. The minimum Gasteiger partial charge on any atom is -0.356 e. The van der Waals surface area contributed by atoms with Crippen LogP contribution in [-0.4, -0.2) is 36.5 Å². The van der Waals surface area contributed by atoms with Crippen LogP contribution in [0.2, 0.25) is 0 Å². The number of nitrogens with zero attached hydrogens (tertiary/aromatic N) is 2. The fraction of sp³-hybridized carbons (Fsp3) is 0.700. The summed E-state index contributed by atoms with van der Waals surface area (Å²) in [6.07, 6.45) is 3.81. The average Bonchev–Trinajstić information content (AvgIpc) is 2.45. The first-order valence-corrected chi connectivity index (χ1v) is 7.44. The van der Waals surface area contributed by atoms with E-state index in [0.717, 1.165) is 18.2 Å². The Kier molecular flexibility index (Phi) is 4.35. The Labute approximate surface area is 96.8 Å². The molecule has 5 nitrogen and oxygen atoms in total. The van der Waals surface area contributed by atoms with Gasteiger partial charge < -0.3 is 9.88 Å². The molecule has 0 bridgehead atoms. The Morgan fingerprint density at radius 2 is 2.19 bits per heavy atom. The van der Waals surface area contributed by atoms with Gasteiger partial charge >= 0.3 is 0 Å². The maximum Gasteiger partial charge on any atom is 0.203 e. The number of imidazole rings is 1. The molecule has 0 aliphatic heterocycles. The lowest BCUT2D eigenvalue weighted by atomic mass is 10.4. The smallest absolute Gasteiger partial charge is 0.203 e. The second kappa shape index (κ2) is 5.34. The minimum absolute atomic E-state index is 0.218. The van der Waals surface area contributed by atoms with Gasteiger partial charge in [0.25, 0.3) is 0 Å². The number of nitrogens with one attached hydrogen (secondary N) is 1. The van der Waals surface area contributed by atoms with E-state index in [9.17, 15) is 8.42 Å². The number of rotatable bonds is 6. The monoisotopic (exact) mass is 245 g/mol. The standard InChI is InChI=1S/C10H19N3O2S/c1-4-11-10-12-9(2)8-13(10)6-5-7-16(3,14)15/h8H,4-7H2,1-3H3,(H,11,12). The van der Waals surface area contributed by atoms with Crippen LogP contribution in [0.25, 0.3) is 0 Å². The second-order valence-corrected chi connectivity index (χ2v) is 6.17. The molecule has 0 aliphatic rings. The summed E-state index contributed by atoms with van der Waals surface area (Å²) in [6, 6.07) is 0. The summed E-state index contributed by atoms with van der Waals surface area (Å²) in [7, 11) is -2.87. The Morgan fingerprint density at radius 1 is 1.50 bits per heavy atom. The molecule has 6 heteroatoms. The predicted molar refractivity (Wildman–Crippen MR) is 65.5 cm³/mol. The highest BCUT2D eigenvalue weighted by atomic mass is 32.2. The summed E-state index contributed by atoms with van der Waals surface area (Å²) in [5, 5.41) is 3.15. The normalized spacial score (nSPS) is 11.7. The lowest BCUT2D eigenvalue weighted by Gasteiger charge is -2.07. The number of sulfone groups is 1. The molecule has 1 N–H and O–H groups in total. The molecule has 0 saturated heterocycles. The second-order valence-electron chi connectivity index (χ2n) is 3.91. The first-order chi connectivity index (χ1) is 7.42. The Hall–Kier alpha value is -1.04. The Balaban J connectivity index is 2.59. The zero-order chi connectivity index (χ0) is 12.2. The van der Waals surface area contributed by atoms with Gasteiger partial charge in [-0.15, -0.1) is 0 Å². The van der Waals surface area contributed by atoms with Crippen LogP contribution in [0.3, 0.4) is 0 Å². The van der Waals surface area contributed by atoms with Gasteiger partial charge in [0.15, 0.2) is 0 Å². The van der Waals surface area contributed by atoms with Crippen LogP contribution in [-0.2, 0) is 16.4 Å². The van der Waals surface area contributed by atoms with Gasteiger partial charge in [-0.25, -0.2) is 13.4 Å². The zero-order valence-electron chi connectivity index (χ0n) is 10.0. The van der Waals surface area contributed by atoms with Gasteiger partial charge in [0.2, 0.25) is 5.95 Å². The van der Waals surface area contributed by atoms with Crippen molar-refractivity contribution < 1.29 is 8.42 Å². The molecule has 0 spiro atoms. The SMILES string of the molecule is CCNc1nc(C)cn1CCCS(C)(=O)=O. The van der Waals surface area contributed by atoms with Gasteiger partial charge in [-0.05, 0) is 20.3 Å². The number of aromatic nitrogens is 2. The Morgan fingerprint density at radius 3 is 2.75 bits per heavy atom. The largest absolute Gasteiger partial charge is 0.356 e. The predicted octanol–water partition coefficient (Wildman–Crippen LogP) is 1.06. The average molecular weight is 245 g/mol. The van der Waals surface area contributed by atoms with Crippen molar-refractivity contribution in [1.82, 2.24) is 9.55 Å². The van der Waals surface area contributed by atoms with E-state index in [1.54, 1.807) is 0 Å². The molecule has 0 unspecified atom stereocenters. The molecule has 1 rings (SSSR count). The van der Waals surface area contributed by atoms with Gasteiger partial charge in [0.05, 0.1) is 11.4 Å². The lowest BCUT2D eigenvalue weighted by Crippen LogP contribution is -2.10. The summed E-state index contributed by atoms with van der Waals surface area (Å²) >= 11 is 0. The van der Waals surface area contributed by atoms with Crippen LogP contribution in [0.4, 0.5) is 5.95 Å². The molecule has 0 atom stereocenters. The molecule has 0 saturated carbocycles. The summed E-state index contributed by atoms with van der Waals surface area (Å²) in [5.41, 5.74) is 0.940. The van der Waals surface area contributed by atoms with Gasteiger partial charge in [0, 0.05) is 25.5 Å². The third-order valence-electron chi connectivity index (χ3n) is 2.15. The van der Waals surface area contributed by atoms with Crippen molar-refractivity contribution >= 4 is 15.8 Å². The lowest BCUT2D eigenvalue weighted by molar-refractivity contribution is 0.592. The van der Waals surface area contributed by atoms with E-state index in [4.69, 9.17) is 0 Å². The molecule has 0 aliphatic carbocycles. The fourth-order valence-corrected chi connectivity index (χ4v) is 2.17. The van der Waals surface area contributed by atoms with Crippen molar-refractivity contribution in [3.05, 3.63) is 11.9 Å². The molecule has 1 aromatic heterocycles. The number of hydrogen-bond acceptors (Lipinski definition) is 4. The fourth-order valence-electron chi connectivity index (χ4n) is 1.51. The van der Waals surface area contributed by atoms with Crippen molar-refractivity contribution in [1.29, 1.82) is 0 Å². The van der Waals surface area contributed by atoms with E-state index in [0.29, 0.717) is 13.0 Å². The van der Waals surface area contributed by atoms with Crippen LogP contribution >= 0.6 is 0 Å². The van der Waals surface area contributed by atoms with E-state index in [-0.39, 0.29) is 5.75 Å². The first kappa shape index (κ1) is 13.0. The van der Waals surface area contributed by atoms with Crippen LogP contribution in [0.5, 0.6) is 0 Å². The van der Waals surface area contributed by atoms with Gasteiger partial charge in [-0.1, -0.05) is 0 Å². The van der Waals surface area contributed by atoms with Crippen molar-refractivity contribution in [2.24, 2.45) is 0 Å². The third-order valence-corrected chi connectivity index (χ3v) is 3.18. The molecular formula is C10H19N3O2S. The van der Waals surface area contributed by atoms with Crippen LogP contribution in [0.15, 0.2) is 6.20 Å². The first-order valence-electron chi connectivity index (χ1n) is 5.37. The highest BCUT2D eigenvalue weighted by Gasteiger charge is 2.06. The van der Waals surface area contributed by atoms with E-state index in [2.05, 4.69) is 10.3 Å². The maximum atomic E-state index is 11.0. The zero-order valence-corrected chi connectivity index (χ0v) is 10.8. The maximum absolute atomic E-state index is 11.0. The van der Waals surface area contributed by atoms with Crippen molar-refractivity contribution in [2.75, 3.05) is 23.9 Å². The molecule has 0 amide bonds. The highest BCUT2D eigenvalue weighted by molar-refractivity contribution is 7.90. The van der Waals surface area contributed by atoms with Gasteiger partial charge in [0.1, 0.15) is 9.84 Å². The highest BCUT2D eigenvalue weighted by Crippen LogP contribution is 2.09. The van der Waals surface area contributed by atoms with Gasteiger partial charge in [-0.3, -0.25) is 0 Å². The summed E-state index contributed by atoms with van der Waals surface area (Å²) < 4.78 is 24.0. The summed E-state index contributed by atoms with van der Waals surface area (Å²) in [6.45, 7) is 5.41. The molecule has 0 fully saturated rings. The van der Waals surface area contributed by atoms with Crippen LogP contribution < -0.4 is 5.32 Å².